The van der Waals surface area contributed by atoms with Crippen molar-refractivity contribution in [2.24, 2.45) is 0 Å². The van der Waals surface area contributed by atoms with Crippen LogP contribution in [0.15, 0.2) is 0 Å². The summed E-state index contributed by atoms with van der Waals surface area (Å²) in [6.45, 7) is 9.28. The molecule has 0 aliphatic heterocycles. The first-order valence-electron chi connectivity index (χ1n) is 6.27. The van der Waals surface area contributed by atoms with Crippen molar-refractivity contribution in [3.63, 3.8) is 0 Å². The van der Waals surface area contributed by atoms with Crippen molar-refractivity contribution in [3.05, 3.63) is 0 Å². The Morgan fingerprint density at radius 2 is 1.88 bits per heavy atom. The maximum atomic E-state index is 11.3. The number of amides is 3. The fraction of sp³-hybridized carbons (Fsp3) is 0.833. The number of rotatable bonds is 7. The van der Waals surface area contributed by atoms with Gasteiger partial charge in [0.05, 0.1) is 0 Å². The number of carbonyl (C=O) groups excluding carboxylic acids is 2. The zero-order valence-corrected chi connectivity index (χ0v) is 11.4. The molecule has 0 atom stereocenters. The molecule has 17 heavy (non-hydrogen) atoms. The standard InChI is InChI=1S/C12H25N3O2/c1-5-6-8-15(11(4)16)9-7-13-12(17)14-10(2)3/h10H,5-9H2,1-4H3,(H2,13,14,17). The number of nitrogens with zero attached hydrogens (tertiary/aromatic N) is 1. The molecule has 0 aliphatic carbocycles. The lowest BCUT2D eigenvalue weighted by Crippen LogP contribution is -2.43. The molecule has 5 nitrogen and oxygen atoms in total. The molecule has 0 saturated heterocycles. The molecule has 0 aromatic carbocycles. The van der Waals surface area contributed by atoms with Gasteiger partial charge in [0, 0.05) is 32.6 Å². The van der Waals surface area contributed by atoms with Crippen LogP contribution in [0.4, 0.5) is 4.79 Å². The molecule has 0 aromatic rings. The summed E-state index contributed by atoms with van der Waals surface area (Å²) in [4.78, 5) is 24.4. The van der Waals surface area contributed by atoms with E-state index < -0.39 is 0 Å². The van der Waals surface area contributed by atoms with Gasteiger partial charge in [-0.3, -0.25) is 4.79 Å². The highest BCUT2D eigenvalue weighted by molar-refractivity contribution is 5.74. The van der Waals surface area contributed by atoms with Crippen LogP contribution in [-0.2, 0) is 4.79 Å². The van der Waals surface area contributed by atoms with Gasteiger partial charge in [0.25, 0.3) is 0 Å². The van der Waals surface area contributed by atoms with Crippen LogP contribution in [0, 0.1) is 0 Å². The molecule has 0 spiro atoms. The third-order valence-corrected chi connectivity index (χ3v) is 2.31. The predicted octanol–water partition coefficient (Wildman–Crippen LogP) is 1.34. The highest BCUT2D eigenvalue weighted by atomic mass is 16.2. The van der Waals surface area contributed by atoms with E-state index >= 15 is 0 Å². The Morgan fingerprint density at radius 3 is 2.35 bits per heavy atom. The summed E-state index contributed by atoms with van der Waals surface area (Å²) < 4.78 is 0. The molecule has 0 fully saturated rings. The van der Waals surface area contributed by atoms with Crippen molar-refractivity contribution < 1.29 is 9.59 Å². The number of urea groups is 1. The third kappa shape index (κ3) is 8.54. The minimum absolute atomic E-state index is 0.0597. The van der Waals surface area contributed by atoms with Gasteiger partial charge in [-0.25, -0.2) is 4.79 Å². The molecule has 0 aliphatic rings. The van der Waals surface area contributed by atoms with E-state index in [-0.39, 0.29) is 18.0 Å². The molecular formula is C12H25N3O2. The molecule has 3 amide bonds. The van der Waals surface area contributed by atoms with E-state index in [9.17, 15) is 9.59 Å². The molecular weight excluding hydrogens is 218 g/mol. The lowest BCUT2D eigenvalue weighted by molar-refractivity contribution is -0.128. The van der Waals surface area contributed by atoms with Gasteiger partial charge in [-0.15, -0.1) is 0 Å². The van der Waals surface area contributed by atoms with Crippen LogP contribution in [0.2, 0.25) is 0 Å². The zero-order chi connectivity index (χ0) is 13.3. The van der Waals surface area contributed by atoms with Crippen molar-refractivity contribution in [3.8, 4) is 0 Å². The number of nitrogens with one attached hydrogen (secondary N) is 2. The molecule has 5 heteroatoms. The first kappa shape index (κ1) is 15.7. The highest BCUT2D eigenvalue weighted by Crippen LogP contribution is 1.94. The molecule has 0 bridgehead atoms. The van der Waals surface area contributed by atoms with Crippen LogP contribution in [0.5, 0.6) is 0 Å². The first-order valence-corrected chi connectivity index (χ1v) is 6.27. The van der Waals surface area contributed by atoms with Gasteiger partial charge in [0.1, 0.15) is 0 Å². The minimum atomic E-state index is -0.181. The van der Waals surface area contributed by atoms with Crippen LogP contribution in [0.25, 0.3) is 0 Å². The van der Waals surface area contributed by atoms with E-state index in [0.717, 1.165) is 19.4 Å². The summed E-state index contributed by atoms with van der Waals surface area (Å²) in [5, 5.41) is 5.47. The predicted molar refractivity (Wildman–Crippen MR) is 68.8 cm³/mol. The van der Waals surface area contributed by atoms with Crippen LogP contribution in [0.3, 0.4) is 0 Å². The number of hydrogen-bond acceptors (Lipinski definition) is 2. The van der Waals surface area contributed by atoms with Crippen molar-refractivity contribution >= 4 is 11.9 Å². The minimum Gasteiger partial charge on any atom is -0.341 e. The number of carbonyl (C=O) groups is 2. The summed E-state index contributed by atoms with van der Waals surface area (Å²) >= 11 is 0. The van der Waals surface area contributed by atoms with E-state index in [1.54, 1.807) is 11.8 Å². The van der Waals surface area contributed by atoms with Gasteiger partial charge in [-0.1, -0.05) is 13.3 Å². The lowest BCUT2D eigenvalue weighted by atomic mass is 10.3. The average molecular weight is 243 g/mol. The summed E-state index contributed by atoms with van der Waals surface area (Å²) in [7, 11) is 0. The summed E-state index contributed by atoms with van der Waals surface area (Å²) in [6.07, 6.45) is 2.06. The number of hydrogen-bond donors (Lipinski definition) is 2. The van der Waals surface area contributed by atoms with Crippen LogP contribution >= 0.6 is 0 Å². The Kier molecular flexibility index (Phi) is 8.19. The Balaban J connectivity index is 3.81. The normalized spacial score (nSPS) is 10.2. The fourth-order valence-electron chi connectivity index (χ4n) is 1.39. The van der Waals surface area contributed by atoms with Gasteiger partial charge in [-0.2, -0.15) is 0 Å². The van der Waals surface area contributed by atoms with Gasteiger partial charge in [0.15, 0.2) is 0 Å². The summed E-state index contributed by atoms with van der Waals surface area (Å²) in [6, 6.07) is -0.0574. The van der Waals surface area contributed by atoms with Crippen LogP contribution in [-0.4, -0.2) is 42.5 Å². The second-order valence-corrected chi connectivity index (χ2v) is 4.41. The number of unbranched alkanes of at least 4 members (excludes halogenated alkanes) is 1. The Labute approximate surface area is 104 Å². The van der Waals surface area contributed by atoms with Gasteiger partial charge >= 0.3 is 6.03 Å². The van der Waals surface area contributed by atoms with Gasteiger partial charge in [0.2, 0.25) is 5.91 Å². The monoisotopic (exact) mass is 243 g/mol. The maximum Gasteiger partial charge on any atom is 0.315 e. The molecule has 0 radical (unpaired) electrons. The van der Waals surface area contributed by atoms with E-state index in [0.29, 0.717) is 13.1 Å². The van der Waals surface area contributed by atoms with Gasteiger partial charge < -0.3 is 15.5 Å². The fourth-order valence-corrected chi connectivity index (χ4v) is 1.39. The Hall–Kier alpha value is -1.26. The molecule has 0 rings (SSSR count). The average Bonchev–Trinajstić information content (AvgIpc) is 2.21. The van der Waals surface area contributed by atoms with Crippen LogP contribution in [0.1, 0.15) is 40.5 Å². The van der Waals surface area contributed by atoms with E-state index in [1.807, 2.05) is 13.8 Å². The van der Waals surface area contributed by atoms with Gasteiger partial charge in [-0.05, 0) is 20.3 Å². The largest absolute Gasteiger partial charge is 0.341 e. The molecule has 0 aromatic heterocycles. The van der Waals surface area contributed by atoms with E-state index in [1.165, 1.54) is 0 Å². The van der Waals surface area contributed by atoms with Crippen molar-refractivity contribution in [1.29, 1.82) is 0 Å². The second-order valence-electron chi connectivity index (χ2n) is 4.41. The van der Waals surface area contributed by atoms with Crippen molar-refractivity contribution in [2.45, 2.75) is 46.6 Å². The Morgan fingerprint density at radius 1 is 1.24 bits per heavy atom. The SMILES string of the molecule is CCCCN(CCNC(=O)NC(C)C)C(C)=O. The molecule has 0 heterocycles. The van der Waals surface area contributed by atoms with Crippen molar-refractivity contribution in [1.82, 2.24) is 15.5 Å². The van der Waals surface area contributed by atoms with Crippen molar-refractivity contribution in [2.75, 3.05) is 19.6 Å². The second kappa shape index (κ2) is 8.84. The van der Waals surface area contributed by atoms with Crippen LogP contribution < -0.4 is 10.6 Å². The quantitative estimate of drug-likeness (QED) is 0.709. The first-order chi connectivity index (χ1) is 7.97. The molecule has 0 saturated carbocycles. The Bertz CT molecular complexity index is 242. The third-order valence-electron chi connectivity index (χ3n) is 2.31. The van der Waals surface area contributed by atoms with E-state index in [2.05, 4.69) is 17.6 Å². The maximum absolute atomic E-state index is 11.3. The summed E-state index contributed by atoms with van der Waals surface area (Å²) in [5.74, 6) is 0.0597. The topological polar surface area (TPSA) is 61.4 Å². The highest BCUT2D eigenvalue weighted by Gasteiger charge is 2.08. The molecule has 2 N–H and O–H groups in total. The smallest absolute Gasteiger partial charge is 0.315 e. The lowest BCUT2D eigenvalue weighted by Gasteiger charge is -2.21. The zero-order valence-electron chi connectivity index (χ0n) is 11.4. The molecule has 100 valence electrons. The van der Waals surface area contributed by atoms with E-state index in [4.69, 9.17) is 0 Å². The molecule has 0 unspecified atom stereocenters. The summed E-state index contributed by atoms with van der Waals surface area (Å²) in [5.41, 5.74) is 0.